The number of benzene rings is 1. The second-order valence-electron chi connectivity index (χ2n) is 4.72. The number of hydrogen-bond donors (Lipinski definition) is 0. The zero-order valence-corrected chi connectivity index (χ0v) is 10.9. The lowest BCUT2D eigenvalue weighted by atomic mass is 10.1. The Morgan fingerprint density at radius 1 is 1.33 bits per heavy atom. The molecule has 0 unspecified atom stereocenters. The van der Waals surface area contributed by atoms with Gasteiger partial charge in [0.2, 0.25) is 0 Å². The van der Waals surface area contributed by atoms with Crippen molar-refractivity contribution in [1.29, 1.82) is 0 Å². The molecule has 0 saturated carbocycles. The maximum absolute atomic E-state index is 13.8. The molecule has 0 radical (unpaired) electrons. The van der Waals surface area contributed by atoms with Gasteiger partial charge in [-0.15, -0.1) is 0 Å². The van der Waals surface area contributed by atoms with Crippen LogP contribution in [0, 0.1) is 5.82 Å². The summed E-state index contributed by atoms with van der Waals surface area (Å²) in [6.45, 7) is 3.90. The first-order valence-electron chi connectivity index (χ1n) is 5.82. The largest absolute Gasteiger partial charge is 0.315 e. The summed E-state index contributed by atoms with van der Waals surface area (Å²) in [5.41, 5.74) is 0.0357. The van der Waals surface area contributed by atoms with Gasteiger partial charge in [0.25, 0.3) is 5.56 Å². The van der Waals surface area contributed by atoms with Gasteiger partial charge in [-0.25, -0.2) is 14.1 Å². The monoisotopic (exact) mass is 249 g/mol. The summed E-state index contributed by atoms with van der Waals surface area (Å²) in [7, 11) is 3.48. The van der Waals surface area contributed by atoms with Crippen LogP contribution in [0.1, 0.15) is 25.6 Å². The van der Waals surface area contributed by atoms with E-state index in [4.69, 9.17) is 0 Å². The Balaban J connectivity index is 2.96. The third kappa shape index (κ3) is 1.85. The first-order chi connectivity index (χ1) is 8.43. The molecule has 1 aromatic heterocycles. The fourth-order valence-electron chi connectivity index (χ4n) is 1.96. The molecule has 0 aliphatic carbocycles. The van der Waals surface area contributed by atoms with Gasteiger partial charge < -0.3 is 5.01 Å². The highest BCUT2D eigenvalue weighted by Crippen LogP contribution is 2.16. The molecule has 2 aromatic rings. The molecular weight excluding hydrogens is 233 g/mol. The molecular formula is C13H16FN3O. The van der Waals surface area contributed by atoms with Crippen LogP contribution in [0.4, 0.5) is 4.39 Å². The van der Waals surface area contributed by atoms with E-state index in [1.165, 1.54) is 10.7 Å². The molecule has 0 N–H and O–H groups in total. The van der Waals surface area contributed by atoms with Crippen molar-refractivity contribution in [1.82, 2.24) is 9.66 Å². The summed E-state index contributed by atoms with van der Waals surface area (Å²) in [5, 5.41) is 1.66. The molecule has 0 amide bonds. The van der Waals surface area contributed by atoms with Crippen molar-refractivity contribution in [3.05, 3.63) is 40.2 Å². The Labute approximate surface area is 105 Å². The van der Waals surface area contributed by atoms with E-state index in [-0.39, 0.29) is 16.9 Å². The number of nitrogens with zero attached hydrogens (tertiary/aromatic N) is 3. The van der Waals surface area contributed by atoms with Gasteiger partial charge in [-0.3, -0.25) is 4.79 Å². The quantitative estimate of drug-likeness (QED) is 0.815. The van der Waals surface area contributed by atoms with Gasteiger partial charge in [0.05, 0.1) is 5.52 Å². The van der Waals surface area contributed by atoms with Gasteiger partial charge in [-0.1, -0.05) is 19.9 Å². The fourth-order valence-corrected chi connectivity index (χ4v) is 1.96. The number of hydrogen-bond acceptors (Lipinski definition) is 3. The maximum atomic E-state index is 13.8. The van der Waals surface area contributed by atoms with E-state index in [1.807, 2.05) is 13.8 Å². The molecule has 0 atom stereocenters. The summed E-state index contributed by atoms with van der Waals surface area (Å²) >= 11 is 0. The molecule has 5 heteroatoms. The Hall–Kier alpha value is -1.91. The number of fused-ring (bicyclic) bond motifs is 1. The van der Waals surface area contributed by atoms with Crippen molar-refractivity contribution in [3.63, 3.8) is 0 Å². The molecule has 0 spiro atoms. The van der Waals surface area contributed by atoms with Crippen LogP contribution >= 0.6 is 0 Å². The third-order valence-corrected chi connectivity index (χ3v) is 2.77. The topological polar surface area (TPSA) is 38.1 Å². The molecule has 2 rings (SSSR count). The third-order valence-electron chi connectivity index (χ3n) is 2.77. The zero-order chi connectivity index (χ0) is 13.4. The molecule has 0 aliphatic rings. The number of halogens is 1. The minimum absolute atomic E-state index is 0.0376. The summed E-state index contributed by atoms with van der Waals surface area (Å²) < 4.78 is 15.2. The van der Waals surface area contributed by atoms with Crippen molar-refractivity contribution in [2.24, 2.45) is 0 Å². The van der Waals surface area contributed by atoms with E-state index < -0.39 is 5.82 Å². The number of aromatic nitrogens is 2. The predicted octanol–water partition coefficient (Wildman–Crippen LogP) is 1.86. The smallest absolute Gasteiger partial charge is 0.283 e. The van der Waals surface area contributed by atoms with Gasteiger partial charge in [-0.2, -0.15) is 0 Å². The van der Waals surface area contributed by atoms with E-state index >= 15 is 0 Å². The van der Waals surface area contributed by atoms with E-state index in [1.54, 1.807) is 31.2 Å². The highest BCUT2D eigenvalue weighted by atomic mass is 19.1. The van der Waals surface area contributed by atoms with Gasteiger partial charge in [-0.05, 0) is 12.1 Å². The van der Waals surface area contributed by atoms with Gasteiger partial charge in [0.1, 0.15) is 17.0 Å². The van der Waals surface area contributed by atoms with Crippen molar-refractivity contribution in [3.8, 4) is 0 Å². The minimum Gasteiger partial charge on any atom is -0.315 e. The second-order valence-corrected chi connectivity index (χ2v) is 4.72. The SMILES string of the molecule is CC(C)c1nc2cccc(F)c2c(=O)n1N(C)C. The van der Waals surface area contributed by atoms with E-state index in [2.05, 4.69) is 4.98 Å². The summed E-state index contributed by atoms with van der Waals surface area (Å²) in [4.78, 5) is 16.8. The van der Waals surface area contributed by atoms with Crippen molar-refractivity contribution in [2.45, 2.75) is 19.8 Å². The van der Waals surface area contributed by atoms with Crippen LogP contribution in [0.5, 0.6) is 0 Å². The molecule has 0 bridgehead atoms. The van der Waals surface area contributed by atoms with Crippen molar-refractivity contribution in [2.75, 3.05) is 19.1 Å². The summed E-state index contributed by atoms with van der Waals surface area (Å²) in [6.07, 6.45) is 0. The molecule has 4 nitrogen and oxygen atoms in total. The normalized spacial score (nSPS) is 11.2. The van der Waals surface area contributed by atoms with Crippen molar-refractivity contribution >= 4 is 10.9 Å². The second kappa shape index (κ2) is 4.40. The molecule has 96 valence electrons. The van der Waals surface area contributed by atoms with E-state index in [0.717, 1.165) is 0 Å². The molecule has 0 saturated heterocycles. The van der Waals surface area contributed by atoms with Crippen LogP contribution in [-0.2, 0) is 0 Å². The minimum atomic E-state index is -0.532. The van der Waals surface area contributed by atoms with Crippen LogP contribution in [0.15, 0.2) is 23.0 Å². The average molecular weight is 249 g/mol. The van der Waals surface area contributed by atoms with Gasteiger partial charge in [0, 0.05) is 20.0 Å². The Morgan fingerprint density at radius 2 is 2.00 bits per heavy atom. The molecule has 18 heavy (non-hydrogen) atoms. The van der Waals surface area contributed by atoms with Crippen LogP contribution < -0.4 is 10.6 Å². The lowest BCUT2D eigenvalue weighted by Gasteiger charge is -2.22. The summed E-state index contributed by atoms with van der Waals surface area (Å²) in [5.74, 6) is 0.173. The van der Waals surface area contributed by atoms with Crippen LogP contribution in [0.2, 0.25) is 0 Å². The standard InChI is InChI=1S/C13H16FN3O/c1-8(2)12-15-10-7-5-6-9(14)11(10)13(18)17(12)16(3)4/h5-8H,1-4H3. The highest BCUT2D eigenvalue weighted by Gasteiger charge is 2.17. The molecule has 0 aliphatic heterocycles. The Kier molecular flexibility index (Phi) is 3.07. The Bertz CT molecular complexity index is 646. The Morgan fingerprint density at radius 3 is 2.56 bits per heavy atom. The summed E-state index contributed by atoms with van der Waals surface area (Å²) in [6, 6.07) is 4.50. The highest BCUT2D eigenvalue weighted by molar-refractivity contribution is 5.78. The number of rotatable bonds is 2. The van der Waals surface area contributed by atoms with Crippen molar-refractivity contribution < 1.29 is 4.39 Å². The fraction of sp³-hybridized carbons (Fsp3) is 0.385. The molecule has 1 aromatic carbocycles. The lowest BCUT2D eigenvalue weighted by molar-refractivity contribution is 0.595. The van der Waals surface area contributed by atoms with Crippen LogP contribution in [-0.4, -0.2) is 23.8 Å². The van der Waals surface area contributed by atoms with E-state index in [9.17, 15) is 9.18 Å². The first-order valence-corrected chi connectivity index (χ1v) is 5.82. The van der Waals surface area contributed by atoms with Crippen LogP contribution in [0.25, 0.3) is 10.9 Å². The molecule has 1 heterocycles. The van der Waals surface area contributed by atoms with E-state index in [0.29, 0.717) is 11.3 Å². The zero-order valence-electron chi connectivity index (χ0n) is 10.9. The first kappa shape index (κ1) is 12.5. The molecule has 0 fully saturated rings. The predicted molar refractivity (Wildman–Crippen MR) is 70.1 cm³/mol. The maximum Gasteiger partial charge on any atom is 0.283 e. The van der Waals surface area contributed by atoms with Gasteiger partial charge >= 0.3 is 0 Å². The van der Waals surface area contributed by atoms with Crippen LogP contribution in [0.3, 0.4) is 0 Å². The van der Waals surface area contributed by atoms with Gasteiger partial charge in [0.15, 0.2) is 0 Å². The lowest BCUT2D eigenvalue weighted by Crippen LogP contribution is -2.39. The average Bonchev–Trinajstić information content (AvgIpc) is 2.27.